The summed E-state index contributed by atoms with van der Waals surface area (Å²) >= 11 is 0. The lowest BCUT2D eigenvalue weighted by molar-refractivity contribution is 0.318. The van der Waals surface area contributed by atoms with Gasteiger partial charge < -0.3 is 15.7 Å². The Morgan fingerprint density at radius 1 is 1.24 bits per heavy atom. The summed E-state index contributed by atoms with van der Waals surface area (Å²) in [5.41, 5.74) is 9.31. The van der Waals surface area contributed by atoms with Crippen molar-refractivity contribution in [3.8, 4) is 16.9 Å². The molecule has 4 heteroatoms. The third-order valence-electron chi connectivity index (χ3n) is 3.24. The van der Waals surface area contributed by atoms with Gasteiger partial charge in [-0.2, -0.15) is 0 Å². The fraction of sp³-hybridized carbons (Fsp3) is 0.176. The van der Waals surface area contributed by atoms with Crippen molar-refractivity contribution in [2.45, 2.75) is 13.3 Å². The lowest BCUT2D eigenvalue weighted by Gasteiger charge is -2.14. The Kier molecular flexibility index (Phi) is 4.82. The number of nitrogens with two attached hydrogens (primary N) is 1. The maximum absolute atomic E-state index is 8.94. The van der Waals surface area contributed by atoms with E-state index in [2.05, 4.69) is 12.1 Å². The second-order valence-corrected chi connectivity index (χ2v) is 4.54. The summed E-state index contributed by atoms with van der Waals surface area (Å²) < 4.78 is 5.73. The highest BCUT2D eigenvalue weighted by molar-refractivity contribution is 6.03. The number of benzene rings is 2. The van der Waals surface area contributed by atoms with E-state index in [9.17, 15) is 0 Å². The van der Waals surface area contributed by atoms with Crippen molar-refractivity contribution in [3.63, 3.8) is 0 Å². The van der Waals surface area contributed by atoms with Crippen LogP contribution in [0.15, 0.2) is 47.6 Å². The van der Waals surface area contributed by atoms with Crippen LogP contribution in [0.2, 0.25) is 0 Å². The van der Waals surface area contributed by atoms with E-state index in [1.807, 2.05) is 49.4 Å². The fourth-order valence-corrected chi connectivity index (χ4v) is 2.21. The third-order valence-corrected chi connectivity index (χ3v) is 3.24. The predicted octanol–water partition coefficient (Wildman–Crippen LogP) is 3.22. The summed E-state index contributed by atoms with van der Waals surface area (Å²) in [6, 6.07) is 13.5. The highest BCUT2D eigenvalue weighted by atomic mass is 16.5. The molecular weight excluding hydrogens is 264 g/mol. The average Bonchev–Trinajstić information content (AvgIpc) is 2.54. The number of nitrogens with zero attached hydrogens (tertiary/aromatic N) is 1. The summed E-state index contributed by atoms with van der Waals surface area (Å²) in [7, 11) is 0. The Morgan fingerprint density at radius 3 is 2.67 bits per heavy atom. The smallest absolute Gasteiger partial charge is 0.170 e. The molecule has 1 radical (unpaired) electrons. The molecule has 2 aromatic carbocycles. The van der Waals surface area contributed by atoms with E-state index in [4.69, 9.17) is 15.7 Å². The topological polar surface area (TPSA) is 67.8 Å². The summed E-state index contributed by atoms with van der Waals surface area (Å²) in [4.78, 5) is 0. The first kappa shape index (κ1) is 14.9. The normalized spacial score (nSPS) is 11.4. The molecule has 0 spiro atoms. The van der Waals surface area contributed by atoms with Gasteiger partial charge in [-0.1, -0.05) is 41.6 Å². The van der Waals surface area contributed by atoms with Crippen LogP contribution in [0.1, 0.15) is 18.1 Å². The average molecular weight is 283 g/mol. The molecule has 0 aliphatic heterocycles. The van der Waals surface area contributed by atoms with E-state index in [0.717, 1.165) is 22.4 Å². The number of amidine groups is 1. The van der Waals surface area contributed by atoms with Crippen LogP contribution < -0.4 is 10.5 Å². The Morgan fingerprint density at radius 2 is 2.00 bits per heavy atom. The number of rotatable bonds is 5. The van der Waals surface area contributed by atoms with Crippen LogP contribution in [0.5, 0.6) is 5.75 Å². The van der Waals surface area contributed by atoms with Gasteiger partial charge in [-0.05, 0) is 37.5 Å². The van der Waals surface area contributed by atoms with Crippen molar-refractivity contribution >= 4 is 5.84 Å². The molecule has 0 bridgehead atoms. The molecule has 0 saturated carbocycles. The van der Waals surface area contributed by atoms with Crippen LogP contribution >= 0.6 is 0 Å². The largest absolute Gasteiger partial charge is 0.493 e. The van der Waals surface area contributed by atoms with Gasteiger partial charge in [-0.3, -0.25) is 0 Å². The molecule has 0 heterocycles. The molecule has 4 nitrogen and oxygen atoms in total. The minimum absolute atomic E-state index is 0.0780. The Labute approximate surface area is 124 Å². The zero-order chi connectivity index (χ0) is 15.2. The molecule has 0 unspecified atom stereocenters. The van der Waals surface area contributed by atoms with Crippen molar-refractivity contribution < 1.29 is 9.94 Å². The molecule has 2 rings (SSSR count). The van der Waals surface area contributed by atoms with Crippen molar-refractivity contribution in [1.29, 1.82) is 0 Å². The highest BCUT2D eigenvalue weighted by Gasteiger charge is 2.13. The first-order valence-electron chi connectivity index (χ1n) is 6.83. The molecule has 21 heavy (non-hydrogen) atoms. The van der Waals surface area contributed by atoms with E-state index in [-0.39, 0.29) is 5.84 Å². The van der Waals surface area contributed by atoms with E-state index in [1.54, 1.807) is 0 Å². The molecule has 0 fully saturated rings. The molecule has 2 aromatic rings. The summed E-state index contributed by atoms with van der Waals surface area (Å²) in [5, 5.41) is 12.0. The van der Waals surface area contributed by atoms with Gasteiger partial charge in [0, 0.05) is 11.1 Å². The van der Waals surface area contributed by atoms with Crippen LogP contribution in [0.3, 0.4) is 0 Å². The maximum Gasteiger partial charge on any atom is 0.170 e. The van der Waals surface area contributed by atoms with Gasteiger partial charge in [-0.15, -0.1) is 0 Å². The molecule has 0 aromatic heterocycles. The third kappa shape index (κ3) is 3.16. The Balaban J connectivity index is 2.61. The second kappa shape index (κ2) is 6.79. The van der Waals surface area contributed by atoms with Crippen molar-refractivity contribution in [1.82, 2.24) is 0 Å². The zero-order valence-corrected chi connectivity index (χ0v) is 12.0. The monoisotopic (exact) mass is 283 g/mol. The molecule has 0 saturated heterocycles. The van der Waals surface area contributed by atoms with Crippen molar-refractivity contribution in [2.75, 3.05) is 6.61 Å². The first-order valence-corrected chi connectivity index (χ1v) is 6.83. The molecule has 3 N–H and O–H groups in total. The van der Waals surface area contributed by atoms with Gasteiger partial charge in [0.05, 0.1) is 6.61 Å². The van der Waals surface area contributed by atoms with Gasteiger partial charge in [0.2, 0.25) is 0 Å². The second-order valence-electron chi connectivity index (χ2n) is 4.54. The van der Waals surface area contributed by atoms with Gasteiger partial charge >= 0.3 is 0 Å². The number of oxime groups is 1. The van der Waals surface area contributed by atoms with Gasteiger partial charge in [0.1, 0.15) is 5.75 Å². The molecule has 0 aliphatic carbocycles. The van der Waals surface area contributed by atoms with Crippen molar-refractivity contribution in [3.05, 3.63) is 60.5 Å². The van der Waals surface area contributed by atoms with Crippen LogP contribution in [0.25, 0.3) is 11.1 Å². The van der Waals surface area contributed by atoms with Gasteiger partial charge in [0.25, 0.3) is 0 Å². The lowest BCUT2D eigenvalue weighted by atomic mass is 9.96. The van der Waals surface area contributed by atoms with Crippen LogP contribution in [-0.2, 0) is 6.42 Å². The van der Waals surface area contributed by atoms with Crippen LogP contribution in [-0.4, -0.2) is 17.6 Å². The predicted molar refractivity (Wildman–Crippen MR) is 84.6 cm³/mol. The summed E-state index contributed by atoms with van der Waals surface area (Å²) in [5.74, 6) is 0.853. The van der Waals surface area contributed by atoms with Crippen LogP contribution in [0.4, 0.5) is 0 Å². The first-order chi connectivity index (χ1) is 10.2. The number of hydrogen-bond donors (Lipinski definition) is 2. The van der Waals surface area contributed by atoms with E-state index in [0.29, 0.717) is 18.6 Å². The van der Waals surface area contributed by atoms with Crippen LogP contribution in [0, 0.1) is 6.92 Å². The molecular formula is C17H19N2O2. The quantitative estimate of drug-likeness (QED) is 0.383. The Hall–Kier alpha value is -2.49. The molecule has 109 valence electrons. The minimum Gasteiger partial charge on any atom is -0.493 e. The SMILES string of the molecule is [CH2]Cc1ccc(-c2ccccc2C(N)=NO)c(OCC)c1. The van der Waals surface area contributed by atoms with E-state index in [1.165, 1.54) is 0 Å². The van der Waals surface area contributed by atoms with Gasteiger partial charge in [0.15, 0.2) is 5.84 Å². The zero-order valence-electron chi connectivity index (χ0n) is 12.0. The minimum atomic E-state index is 0.0780. The van der Waals surface area contributed by atoms with Gasteiger partial charge in [-0.25, -0.2) is 0 Å². The highest BCUT2D eigenvalue weighted by Crippen LogP contribution is 2.33. The molecule has 0 aliphatic rings. The molecule has 0 amide bonds. The summed E-state index contributed by atoms with van der Waals surface area (Å²) in [6.07, 6.45) is 0.697. The number of ether oxygens (including phenoxy) is 1. The van der Waals surface area contributed by atoms with E-state index >= 15 is 0 Å². The fourth-order valence-electron chi connectivity index (χ4n) is 2.21. The Bertz CT molecular complexity index is 651. The number of hydrogen-bond acceptors (Lipinski definition) is 3. The molecule has 0 atom stereocenters. The summed E-state index contributed by atoms with van der Waals surface area (Å²) in [6.45, 7) is 6.40. The standard InChI is InChI=1S/C17H19N2O2/c1-3-12-9-10-14(16(11-12)21-4-2)13-7-5-6-8-15(13)17(18)19-20/h5-11,20H,1,3-4H2,2H3,(H2,18,19). The van der Waals surface area contributed by atoms with Crippen molar-refractivity contribution in [2.24, 2.45) is 10.9 Å². The van der Waals surface area contributed by atoms with E-state index < -0.39 is 0 Å². The lowest BCUT2D eigenvalue weighted by Crippen LogP contribution is -2.14. The maximum atomic E-state index is 8.94.